The Bertz CT molecular complexity index is 1780. The number of hydrogen-bond donors (Lipinski definition) is 0. The van der Waals surface area contributed by atoms with Gasteiger partial charge in [0.25, 0.3) is 0 Å². The molecule has 5 aromatic rings. The van der Waals surface area contributed by atoms with E-state index >= 15 is 8.78 Å². The minimum atomic E-state index is -0.654. The van der Waals surface area contributed by atoms with Gasteiger partial charge in [0.15, 0.2) is 0 Å². The molecule has 0 N–H and O–H groups in total. The van der Waals surface area contributed by atoms with E-state index in [2.05, 4.69) is 25.9 Å². The van der Waals surface area contributed by atoms with Crippen LogP contribution in [0.25, 0.3) is 22.3 Å². The molecule has 216 valence electrons. The molecule has 6 rings (SSSR count). The highest BCUT2D eigenvalue weighted by molar-refractivity contribution is 9.11. The van der Waals surface area contributed by atoms with Crippen LogP contribution in [0.5, 0.6) is 5.88 Å². The SMILES string of the molecule is COC(=O)c1ccc2nc(Cc3cc(F)c(-c4cccc(OCc5cc(F)c(Br)s5)n4)cc3F)n(C[C@@H]3CCO3)c2c1. The molecule has 0 radical (unpaired) electrons. The van der Waals surface area contributed by atoms with Gasteiger partial charge in [-0.05, 0) is 70.4 Å². The minimum Gasteiger partial charge on any atom is -0.472 e. The zero-order valence-electron chi connectivity index (χ0n) is 22.2. The summed E-state index contributed by atoms with van der Waals surface area (Å²) in [6, 6.07) is 13.4. The lowest BCUT2D eigenvalue weighted by atomic mass is 10.0. The summed E-state index contributed by atoms with van der Waals surface area (Å²) in [4.78, 5) is 21.8. The van der Waals surface area contributed by atoms with Gasteiger partial charge >= 0.3 is 5.97 Å². The average molecular weight is 658 g/mol. The fourth-order valence-corrected chi connectivity index (χ4v) is 6.14. The second-order valence-corrected chi connectivity index (χ2v) is 12.2. The second kappa shape index (κ2) is 11.9. The molecule has 2 aromatic carbocycles. The van der Waals surface area contributed by atoms with Crippen molar-refractivity contribution in [2.24, 2.45) is 0 Å². The second-order valence-electron chi connectivity index (χ2n) is 9.70. The van der Waals surface area contributed by atoms with Gasteiger partial charge < -0.3 is 18.8 Å². The normalized spacial score (nSPS) is 14.6. The topological polar surface area (TPSA) is 75.5 Å². The van der Waals surface area contributed by atoms with Gasteiger partial charge in [-0.25, -0.2) is 27.9 Å². The molecular weight excluding hydrogens is 635 g/mol. The number of fused-ring (bicyclic) bond motifs is 1. The molecule has 3 aromatic heterocycles. The number of carbonyl (C=O) groups is 1. The predicted octanol–water partition coefficient (Wildman–Crippen LogP) is 7.08. The summed E-state index contributed by atoms with van der Waals surface area (Å²) in [7, 11) is 1.31. The molecular formula is C30H23BrF3N3O4S. The zero-order valence-corrected chi connectivity index (χ0v) is 24.6. The van der Waals surface area contributed by atoms with Crippen molar-refractivity contribution < 1.29 is 32.2 Å². The molecule has 1 saturated heterocycles. The number of pyridine rings is 1. The number of ether oxygens (including phenoxy) is 3. The van der Waals surface area contributed by atoms with Crippen molar-refractivity contribution in [3.63, 3.8) is 0 Å². The molecule has 1 fully saturated rings. The smallest absolute Gasteiger partial charge is 0.337 e. The maximum absolute atomic E-state index is 15.5. The standard InChI is InChI=1S/C30H23BrF3N3O4S/c1-39-30(38)16-5-6-25-26(10-16)37(14-18-7-8-40-18)27(35-25)11-17-9-22(33)20(13-21(17)32)24-3-2-4-28(36-24)41-15-19-12-23(34)29(31)42-19/h2-6,9-10,12-13,18H,7-8,11,14-15H2,1H3/t18-/m0/s1. The third-order valence-electron chi connectivity index (χ3n) is 6.97. The number of nitrogens with zero attached hydrogens (tertiary/aromatic N) is 3. The van der Waals surface area contributed by atoms with Crippen LogP contribution >= 0.6 is 27.3 Å². The van der Waals surface area contributed by atoms with Gasteiger partial charge in [-0.3, -0.25) is 0 Å². The third kappa shape index (κ3) is 5.79. The van der Waals surface area contributed by atoms with E-state index in [0.717, 1.165) is 18.6 Å². The van der Waals surface area contributed by atoms with Crippen molar-refractivity contribution in [1.29, 1.82) is 0 Å². The van der Waals surface area contributed by atoms with Crippen LogP contribution in [0.1, 0.15) is 33.0 Å². The molecule has 42 heavy (non-hydrogen) atoms. The maximum atomic E-state index is 15.5. The van der Waals surface area contributed by atoms with Crippen LogP contribution < -0.4 is 4.74 Å². The number of benzene rings is 2. The Morgan fingerprint density at radius 1 is 1.10 bits per heavy atom. The van der Waals surface area contributed by atoms with E-state index in [9.17, 15) is 9.18 Å². The molecule has 4 heterocycles. The van der Waals surface area contributed by atoms with Crippen LogP contribution in [0, 0.1) is 17.5 Å². The average Bonchev–Trinajstić information content (AvgIpc) is 3.47. The van der Waals surface area contributed by atoms with Crippen LogP contribution in [-0.4, -0.2) is 40.3 Å². The first-order valence-electron chi connectivity index (χ1n) is 13.0. The lowest BCUT2D eigenvalue weighted by Gasteiger charge is -2.27. The van der Waals surface area contributed by atoms with Gasteiger partial charge in [0.05, 0.1) is 42.0 Å². The maximum Gasteiger partial charge on any atom is 0.337 e. The van der Waals surface area contributed by atoms with Crippen molar-refractivity contribution >= 4 is 44.3 Å². The largest absolute Gasteiger partial charge is 0.472 e. The van der Waals surface area contributed by atoms with Crippen molar-refractivity contribution in [2.45, 2.75) is 32.1 Å². The first-order valence-corrected chi connectivity index (χ1v) is 14.6. The molecule has 0 amide bonds. The summed E-state index contributed by atoms with van der Waals surface area (Å²) in [5, 5.41) is 0. The van der Waals surface area contributed by atoms with Gasteiger partial charge in [0.2, 0.25) is 5.88 Å². The number of aromatic nitrogens is 3. The van der Waals surface area contributed by atoms with E-state index < -0.39 is 17.6 Å². The van der Waals surface area contributed by atoms with Crippen LogP contribution in [0.3, 0.4) is 0 Å². The predicted molar refractivity (Wildman–Crippen MR) is 154 cm³/mol. The monoisotopic (exact) mass is 657 g/mol. The van der Waals surface area contributed by atoms with Crippen LogP contribution in [0.2, 0.25) is 0 Å². The number of esters is 1. The van der Waals surface area contributed by atoms with Gasteiger partial charge in [0, 0.05) is 29.5 Å². The first-order chi connectivity index (χ1) is 20.3. The quantitative estimate of drug-likeness (QED) is 0.158. The van der Waals surface area contributed by atoms with E-state index in [1.165, 1.54) is 24.5 Å². The Balaban J connectivity index is 1.27. The summed E-state index contributed by atoms with van der Waals surface area (Å²) in [5.41, 5.74) is 1.95. The van der Waals surface area contributed by atoms with Gasteiger partial charge in [-0.2, -0.15) is 0 Å². The Morgan fingerprint density at radius 2 is 1.93 bits per heavy atom. The highest BCUT2D eigenvalue weighted by atomic mass is 79.9. The summed E-state index contributed by atoms with van der Waals surface area (Å²) < 4.78 is 62.9. The zero-order chi connectivity index (χ0) is 29.4. The highest BCUT2D eigenvalue weighted by Gasteiger charge is 2.24. The van der Waals surface area contributed by atoms with E-state index in [1.807, 2.05) is 4.57 Å². The summed E-state index contributed by atoms with van der Waals surface area (Å²) in [6.07, 6.45) is 0.847. The molecule has 1 aliphatic rings. The molecule has 12 heteroatoms. The van der Waals surface area contributed by atoms with Crippen LogP contribution in [0.15, 0.2) is 58.4 Å². The number of halogens is 4. The van der Waals surface area contributed by atoms with Crippen molar-refractivity contribution in [3.05, 3.63) is 97.7 Å². The van der Waals surface area contributed by atoms with Gasteiger partial charge in [-0.15, -0.1) is 11.3 Å². The molecule has 0 unspecified atom stereocenters. The summed E-state index contributed by atoms with van der Waals surface area (Å²) in [5.74, 6) is -1.43. The first kappa shape index (κ1) is 28.4. The molecule has 0 spiro atoms. The molecule has 0 bridgehead atoms. The number of hydrogen-bond acceptors (Lipinski definition) is 7. The third-order valence-corrected chi connectivity index (χ3v) is 8.71. The van der Waals surface area contributed by atoms with Crippen molar-refractivity contribution in [1.82, 2.24) is 14.5 Å². The van der Waals surface area contributed by atoms with Crippen LogP contribution in [-0.2, 0) is 29.0 Å². The lowest BCUT2D eigenvalue weighted by molar-refractivity contribution is -0.0589. The number of imidazole rings is 1. The van der Waals surface area contributed by atoms with Crippen LogP contribution in [0.4, 0.5) is 13.2 Å². The fraction of sp³-hybridized carbons (Fsp3) is 0.233. The summed E-state index contributed by atoms with van der Waals surface area (Å²) in [6.45, 7) is 1.20. The van der Waals surface area contributed by atoms with E-state index in [-0.39, 0.29) is 47.6 Å². The number of carbonyl (C=O) groups excluding carboxylic acids is 1. The molecule has 1 aliphatic heterocycles. The van der Waals surface area contributed by atoms with Gasteiger partial charge in [-0.1, -0.05) is 6.07 Å². The molecule has 0 aliphatic carbocycles. The van der Waals surface area contributed by atoms with E-state index in [0.29, 0.717) is 44.2 Å². The van der Waals surface area contributed by atoms with E-state index in [1.54, 1.807) is 36.4 Å². The van der Waals surface area contributed by atoms with Gasteiger partial charge in [0.1, 0.15) is 33.7 Å². The Labute approximate surface area is 251 Å². The Hall–Kier alpha value is -3.74. The number of thiophene rings is 1. The van der Waals surface area contributed by atoms with E-state index in [4.69, 9.17) is 14.2 Å². The van der Waals surface area contributed by atoms with Crippen molar-refractivity contribution in [2.75, 3.05) is 13.7 Å². The lowest BCUT2D eigenvalue weighted by Crippen LogP contribution is -2.31. The molecule has 1 atom stereocenters. The number of methoxy groups -OCH3 is 1. The summed E-state index contributed by atoms with van der Waals surface area (Å²) >= 11 is 4.33. The highest BCUT2D eigenvalue weighted by Crippen LogP contribution is 2.30. The molecule has 7 nitrogen and oxygen atoms in total. The Morgan fingerprint density at radius 3 is 2.64 bits per heavy atom. The minimum absolute atomic E-state index is 0.0154. The molecule has 0 saturated carbocycles. The fourth-order valence-electron chi connectivity index (χ4n) is 4.73. The van der Waals surface area contributed by atoms with Crippen molar-refractivity contribution in [3.8, 4) is 17.1 Å². The Kier molecular flexibility index (Phi) is 8.02. The number of rotatable bonds is 9.